The molecule has 1 fully saturated rings. The number of hydrogen-bond acceptors (Lipinski definition) is 5. The first-order chi connectivity index (χ1) is 14.0. The molecule has 2 aliphatic rings. The Bertz CT molecular complexity index is 1190. The van der Waals surface area contributed by atoms with E-state index in [-0.39, 0.29) is 24.3 Å². The standard InChI is InChI=1S/C21H20N4O4/c1-13-2-4-14(5-3-13)8-25-21(28)20(27)24-10-16-9-23(11-17(16)18(24)22-25)19(26)15-6-7-29-12-15/h2-7,12,16-17H,8-11H2,1H3/t16-,17+/m1/s1. The van der Waals surface area contributed by atoms with Gasteiger partial charge in [0.05, 0.1) is 18.4 Å². The van der Waals surface area contributed by atoms with Gasteiger partial charge in [-0.3, -0.25) is 19.0 Å². The molecule has 2 aliphatic heterocycles. The normalized spacial score (nSPS) is 20.0. The minimum Gasteiger partial charge on any atom is -0.472 e. The zero-order chi connectivity index (χ0) is 20.1. The molecule has 0 unspecified atom stereocenters. The fraction of sp³-hybridized carbons (Fsp3) is 0.333. The molecule has 2 atom stereocenters. The lowest BCUT2D eigenvalue weighted by Crippen LogP contribution is -2.44. The van der Waals surface area contributed by atoms with Crippen LogP contribution in [0, 0.1) is 12.8 Å². The van der Waals surface area contributed by atoms with Gasteiger partial charge in [-0.15, -0.1) is 0 Å². The number of aryl methyl sites for hydroxylation is 1. The number of carbonyl (C=O) groups is 1. The zero-order valence-corrected chi connectivity index (χ0v) is 15.9. The third-order valence-electron chi connectivity index (χ3n) is 5.86. The molecule has 4 heterocycles. The molecule has 0 spiro atoms. The molecule has 29 heavy (non-hydrogen) atoms. The Morgan fingerprint density at radius 1 is 1.10 bits per heavy atom. The number of hydrogen-bond donors (Lipinski definition) is 0. The Labute approximate surface area is 166 Å². The monoisotopic (exact) mass is 392 g/mol. The van der Waals surface area contributed by atoms with Gasteiger partial charge in [0.1, 0.15) is 12.1 Å². The van der Waals surface area contributed by atoms with E-state index in [1.807, 2.05) is 31.2 Å². The molecule has 1 saturated heterocycles. The molecule has 0 aliphatic carbocycles. The van der Waals surface area contributed by atoms with Crippen molar-refractivity contribution in [3.63, 3.8) is 0 Å². The summed E-state index contributed by atoms with van der Waals surface area (Å²) in [5.41, 5.74) is 1.40. The Hall–Kier alpha value is -3.42. The van der Waals surface area contributed by atoms with Crippen LogP contribution in [0.5, 0.6) is 0 Å². The van der Waals surface area contributed by atoms with Crippen molar-refractivity contribution < 1.29 is 9.21 Å². The Morgan fingerprint density at radius 3 is 2.62 bits per heavy atom. The van der Waals surface area contributed by atoms with E-state index in [0.29, 0.717) is 31.0 Å². The van der Waals surface area contributed by atoms with Crippen molar-refractivity contribution >= 4 is 5.91 Å². The van der Waals surface area contributed by atoms with Gasteiger partial charge < -0.3 is 9.32 Å². The summed E-state index contributed by atoms with van der Waals surface area (Å²) in [6.45, 7) is 3.67. The number of aromatic nitrogens is 3. The first kappa shape index (κ1) is 17.7. The first-order valence-electron chi connectivity index (χ1n) is 9.60. The SMILES string of the molecule is Cc1ccc(Cn2nc3n(c(=O)c2=O)C[C@H]2CN(C(=O)c4ccoc4)C[C@H]32)cc1. The molecule has 0 radical (unpaired) electrons. The lowest BCUT2D eigenvalue weighted by molar-refractivity contribution is 0.0782. The van der Waals surface area contributed by atoms with E-state index in [9.17, 15) is 14.4 Å². The highest BCUT2D eigenvalue weighted by Crippen LogP contribution is 2.37. The molecular formula is C21H20N4O4. The van der Waals surface area contributed by atoms with E-state index in [1.54, 1.807) is 11.0 Å². The van der Waals surface area contributed by atoms with E-state index in [2.05, 4.69) is 5.10 Å². The van der Waals surface area contributed by atoms with Crippen LogP contribution in [0.1, 0.15) is 33.2 Å². The maximum absolute atomic E-state index is 12.7. The fourth-order valence-corrected chi connectivity index (χ4v) is 4.30. The van der Waals surface area contributed by atoms with Crippen LogP contribution in [0.4, 0.5) is 0 Å². The van der Waals surface area contributed by atoms with Gasteiger partial charge in [0, 0.05) is 31.5 Å². The van der Waals surface area contributed by atoms with Crippen LogP contribution in [0.15, 0.2) is 56.9 Å². The van der Waals surface area contributed by atoms with Crippen molar-refractivity contribution in [3.8, 4) is 0 Å². The summed E-state index contributed by atoms with van der Waals surface area (Å²) in [5.74, 6) is 0.535. The minimum atomic E-state index is -0.611. The van der Waals surface area contributed by atoms with Gasteiger partial charge in [-0.1, -0.05) is 29.8 Å². The van der Waals surface area contributed by atoms with Crippen LogP contribution in [-0.4, -0.2) is 38.2 Å². The van der Waals surface area contributed by atoms with E-state index < -0.39 is 11.1 Å². The highest BCUT2D eigenvalue weighted by Gasteiger charge is 2.44. The number of benzene rings is 1. The average Bonchev–Trinajstić information content (AvgIpc) is 3.44. The fourth-order valence-electron chi connectivity index (χ4n) is 4.30. The summed E-state index contributed by atoms with van der Waals surface area (Å²) >= 11 is 0. The number of fused-ring (bicyclic) bond motifs is 3. The molecule has 8 heteroatoms. The number of amides is 1. The second kappa shape index (κ2) is 6.58. The Kier molecular flexibility index (Phi) is 4.01. The second-order valence-electron chi connectivity index (χ2n) is 7.81. The van der Waals surface area contributed by atoms with Crippen LogP contribution in [-0.2, 0) is 13.1 Å². The van der Waals surface area contributed by atoms with Crippen molar-refractivity contribution in [2.24, 2.45) is 5.92 Å². The van der Waals surface area contributed by atoms with Crippen LogP contribution in [0.25, 0.3) is 0 Å². The van der Waals surface area contributed by atoms with Crippen LogP contribution in [0.2, 0.25) is 0 Å². The number of nitrogens with zero attached hydrogens (tertiary/aromatic N) is 4. The minimum absolute atomic E-state index is 0.0524. The van der Waals surface area contributed by atoms with Crippen LogP contribution >= 0.6 is 0 Å². The smallest absolute Gasteiger partial charge is 0.332 e. The van der Waals surface area contributed by atoms with Gasteiger partial charge in [0.25, 0.3) is 5.91 Å². The van der Waals surface area contributed by atoms with Crippen molar-refractivity contribution in [3.05, 3.63) is 86.1 Å². The van der Waals surface area contributed by atoms with Gasteiger partial charge in [-0.25, -0.2) is 4.68 Å². The first-order valence-corrected chi connectivity index (χ1v) is 9.60. The van der Waals surface area contributed by atoms with Crippen molar-refractivity contribution in [2.75, 3.05) is 13.1 Å². The van der Waals surface area contributed by atoms with Crippen molar-refractivity contribution in [2.45, 2.75) is 25.9 Å². The molecule has 5 rings (SSSR count). The van der Waals surface area contributed by atoms with Crippen LogP contribution in [0.3, 0.4) is 0 Å². The Balaban J connectivity index is 1.45. The topological polar surface area (TPSA) is 90.3 Å². The highest BCUT2D eigenvalue weighted by molar-refractivity contribution is 5.94. The predicted octanol–water partition coefficient (Wildman–Crippen LogP) is 1.22. The summed E-state index contributed by atoms with van der Waals surface area (Å²) in [7, 11) is 0. The number of carbonyl (C=O) groups excluding carboxylic acids is 1. The maximum atomic E-state index is 12.7. The predicted molar refractivity (Wildman–Crippen MR) is 104 cm³/mol. The van der Waals surface area contributed by atoms with E-state index in [1.165, 1.54) is 21.8 Å². The van der Waals surface area contributed by atoms with Crippen molar-refractivity contribution in [1.82, 2.24) is 19.2 Å². The molecule has 1 aromatic carbocycles. The van der Waals surface area contributed by atoms with E-state index >= 15 is 0 Å². The van der Waals surface area contributed by atoms with Gasteiger partial charge in [0.15, 0.2) is 0 Å². The molecular weight excluding hydrogens is 372 g/mol. The quantitative estimate of drug-likeness (QED) is 0.625. The van der Waals surface area contributed by atoms with Crippen molar-refractivity contribution in [1.29, 1.82) is 0 Å². The molecule has 0 bridgehead atoms. The molecule has 0 N–H and O–H groups in total. The summed E-state index contributed by atoms with van der Waals surface area (Å²) < 4.78 is 7.75. The van der Waals surface area contributed by atoms with Gasteiger partial charge in [-0.05, 0) is 18.6 Å². The lowest BCUT2D eigenvalue weighted by Gasteiger charge is -2.17. The van der Waals surface area contributed by atoms with Gasteiger partial charge >= 0.3 is 11.1 Å². The molecule has 3 aromatic rings. The number of rotatable bonds is 3. The van der Waals surface area contributed by atoms with Crippen LogP contribution < -0.4 is 11.1 Å². The van der Waals surface area contributed by atoms with Gasteiger partial charge in [0.2, 0.25) is 0 Å². The molecule has 148 valence electrons. The summed E-state index contributed by atoms with van der Waals surface area (Å²) in [6.07, 6.45) is 2.91. The Morgan fingerprint density at radius 2 is 1.90 bits per heavy atom. The molecule has 8 nitrogen and oxygen atoms in total. The third kappa shape index (κ3) is 2.91. The largest absolute Gasteiger partial charge is 0.472 e. The zero-order valence-electron chi connectivity index (χ0n) is 15.9. The highest BCUT2D eigenvalue weighted by atomic mass is 16.3. The molecule has 2 aromatic heterocycles. The van der Waals surface area contributed by atoms with E-state index in [4.69, 9.17) is 4.42 Å². The second-order valence-corrected chi connectivity index (χ2v) is 7.81. The molecule has 0 saturated carbocycles. The third-order valence-corrected chi connectivity index (χ3v) is 5.86. The summed E-state index contributed by atoms with van der Waals surface area (Å²) in [6, 6.07) is 9.43. The number of furan rings is 1. The summed E-state index contributed by atoms with van der Waals surface area (Å²) in [5, 5.41) is 4.54. The lowest BCUT2D eigenvalue weighted by atomic mass is 10.00. The van der Waals surface area contributed by atoms with Gasteiger partial charge in [-0.2, -0.15) is 5.10 Å². The average molecular weight is 392 g/mol. The maximum Gasteiger partial charge on any atom is 0.332 e. The molecule has 1 amide bonds. The summed E-state index contributed by atoms with van der Waals surface area (Å²) in [4.78, 5) is 39.6. The number of likely N-dealkylation sites (tertiary alicyclic amines) is 1. The van der Waals surface area contributed by atoms with E-state index in [0.717, 1.165) is 11.1 Å².